The van der Waals surface area contributed by atoms with E-state index in [0.717, 1.165) is 5.56 Å². The van der Waals surface area contributed by atoms with Gasteiger partial charge in [0, 0.05) is 0 Å². The summed E-state index contributed by atoms with van der Waals surface area (Å²) in [5.41, 5.74) is 1.36. The maximum atomic E-state index is 5.79. The summed E-state index contributed by atoms with van der Waals surface area (Å²) in [4.78, 5) is 11.8. The van der Waals surface area contributed by atoms with Crippen LogP contribution in [0.25, 0.3) is 0 Å². The van der Waals surface area contributed by atoms with Crippen molar-refractivity contribution in [3.8, 4) is 5.88 Å². The highest BCUT2D eigenvalue weighted by atomic mass is 35.5. The number of methoxy groups -OCH3 is 1. The molecule has 0 aliphatic carbocycles. The highest BCUT2D eigenvalue weighted by Gasteiger charge is 2.21. The average Bonchev–Trinajstić information content (AvgIpc) is 2.47. The molecule has 0 spiro atoms. The molecule has 68 valence electrons. The Labute approximate surface area is 84.6 Å². The molecular weight excluding hydrogens is 213 g/mol. The lowest BCUT2D eigenvalue weighted by Gasteiger charge is -2.04. The van der Waals surface area contributed by atoms with Gasteiger partial charge in [-0.2, -0.15) is 4.98 Å². The van der Waals surface area contributed by atoms with Crippen molar-refractivity contribution in [2.45, 2.75) is 6.54 Å². The van der Waals surface area contributed by atoms with Gasteiger partial charge in [-0.05, 0) is 11.6 Å². The van der Waals surface area contributed by atoms with E-state index in [0.29, 0.717) is 23.3 Å². The summed E-state index contributed by atoms with van der Waals surface area (Å²) in [5.74, 6) is 0.439. The number of halogens is 2. The van der Waals surface area contributed by atoms with Crippen molar-refractivity contribution in [3.05, 3.63) is 16.5 Å². The Balaban J connectivity index is 2.61. The maximum Gasteiger partial charge on any atom is 0.226 e. The zero-order valence-electron chi connectivity index (χ0n) is 6.71. The first-order valence-electron chi connectivity index (χ1n) is 3.53. The van der Waals surface area contributed by atoms with Gasteiger partial charge in [0.05, 0.1) is 19.2 Å². The Hall–Kier alpha value is -0.870. The van der Waals surface area contributed by atoms with Gasteiger partial charge in [-0.25, -0.2) is 4.98 Å². The number of hydrogen-bond donors (Lipinski definition) is 0. The third-order valence-electron chi connectivity index (χ3n) is 1.71. The monoisotopic (exact) mass is 217 g/mol. The van der Waals surface area contributed by atoms with Gasteiger partial charge in [0.25, 0.3) is 0 Å². The molecule has 1 aliphatic heterocycles. The van der Waals surface area contributed by atoms with E-state index in [1.807, 2.05) is 0 Å². The van der Waals surface area contributed by atoms with Crippen molar-refractivity contribution in [2.75, 3.05) is 7.11 Å². The molecule has 0 fully saturated rings. The zero-order valence-corrected chi connectivity index (χ0v) is 8.22. The van der Waals surface area contributed by atoms with Gasteiger partial charge in [-0.15, -0.1) is 0 Å². The van der Waals surface area contributed by atoms with Crippen LogP contribution >= 0.6 is 23.2 Å². The minimum absolute atomic E-state index is 0.117. The van der Waals surface area contributed by atoms with Crippen molar-refractivity contribution in [2.24, 2.45) is 4.99 Å². The third-order valence-corrected chi connectivity index (χ3v) is 2.17. The molecule has 6 heteroatoms. The molecule has 2 heterocycles. The molecule has 0 atom stereocenters. The van der Waals surface area contributed by atoms with Crippen molar-refractivity contribution in [1.82, 2.24) is 9.97 Å². The molecule has 0 N–H and O–H groups in total. The molecule has 13 heavy (non-hydrogen) atoms. The number of nitrogens with zero attached hydrogens (tertiary/aromatic N) is 3. The van der Waals surface area contributed by atoms with E-state index < -0.39 is 0 Å². The molecule has 0 aromatic carbocycles. The van der Waals surface area contributed by atoms with Crippen molar-refractivity contribution >= 4 is 28.4 Å². The van der Waals surface area contributed by atoms with Gasteiger partial charge < -0.3 is 4.74 Å². The van der Waals surface area contributed by atoms with Crippen molar-refractivity contribution < 1.29 is 4.74 Å². The normalized spacial score (nSPS) is 13.9. The van der Waals surface area contributed by atoms with Gasteiger partial charge in [0.1, 0.15) is 5.69 Å². The summed E-state index contributed by atoms with van der Waals surface area (Å²) >= 11 is 11.4. The van der Waals surface area contributed by atoms with E-state index in [1.165, 1.54) is 7.11 Å². The van der Waals surface area contributed by atoms with Crippen LogP contribution in [0.4, 0.5) is 0 Å². The van der Waals surface area contributed by atoms with Gasteiger partial charge in [-0.3, -0.25) is 4.99 Å². The SMILES string of the molecule is COc1nc(Cl)nc2c1CN=C2Cl. The Bertz CT molecular complexity index is 392. The minimum atomic E-state index is 0.117. The molecule has 0 radical (unpaired) electrons. The summed E-state index contributed by atoms with van der Waals surface area (Å²) in [5, 5.41) is 0.475. The maximum absolute atomic E-state index is 5.79. The first-order valence-corrected chi connectivity index (χ1v) is 4.28. The second-order valence-corrected chi connectivity index (χ2v) is 3.13. The second-order valence-electron chi connectivity index (χ2n) is 2.44. The highest BCUT2D eigenvalue weighted by molar-refractivity contribution is 6.69. The van der Waals surface area contributed by atoms with E-state index in [-0.39, 0.29) is 5.28 Å². The molecule has 0 unspecified atom stereocenters. The molecule has 0 bridgehead atoms. The summed E-state index contributed by atoms with van der Waals surface area (Å²) in [6.45, 7) is 0.453. The van der Waals surface area contributed by atoms with Crippen LogP contribution in [0.3, 0.4) is 0 Å². The van der Waals surface area contributed by atoms with Crippen LogP contribution in [0, 0.1) is 0 Å². The molecule has 2 rings (SSSR count). The second kappa shape index (κ2) is 3.12. The fourth-order valence-corrected chi connectivity index (χ4v) is 1.52. The lowest BCUT2D eigenvalue weighted by Crippen LogP contribution is -2.01. The number of rotatable bonds is 1. The molecule has 0 amide bonds. The largest absolute Gasteiger partial charge is 0.481 e. The van der Waals surface area contributed by atoms with Crippen LogP contribution in [-0.2, 0) is 6.54 Å². The smallest absolute Gasteiger partial charge is 0.226 e. The number of aromatic nitrogens is 2. The van der Waals surface area contributed by atoms with Gasteiger partial charge in [0.2, 0.25) is 11.2 Å². The van der Waals surface area contributed by atoms with Crippen molar-refractivity contribution in [1.29, 1.82) is 0 Å². The number of fused-ring (bicyclic) bond motifs is 1. The zero-order chi connectivity index (χ0) is 9.42. The number of aliphatic imine (C=N–C) groups is 1. The fourth-order valence-electron chi connectivity index (χ4n) is 1.14. The molecule has 1 aromatic heterocycles. The quantitative estimate of drug-likeness (QED) is 0.673. The van der Waals surface area contributed by atoms with E-state index in [4.69, 9.17) is 27.9 Å². The van der Waals surface area contributed by atoms with E-state index in [9.17, 15) is 0 Å². The van der Waals surface area contributed by atoms with Gasteiger partial charge in [0.15, 0.2) is 5.17 Å². The van der Waals surface area contributed by atoms with Crippen molar-refractivity contribution in [3.63, 3.8) is 0 Å². The number of ether oxygens (including phenoxy) is 1. The molecule has 4 nitrogen and oxygen atoms in total. The minimum Gasteiger partial charge on any atom is -0.481 e. The van der Waals surface area contributed by atoms with Crippen LogP contribution in [-0.4, -0.2) is 22.2 Å². The standard InChI is InChI=1S/C7H5Cl2N3O/c1-13-6-3-2-10-5(8)4(3)11-7(9)12-6/h2H2,1H3. The molecular formula is C7H5Cl2N3O. The first-order chi connectivity index (χ1) is 6.22. The third kappa shape index (κ3) is 1.36. The topological polar surface area (TPSA) is 47.4 Å². The van der Waals surface area contributed by atoms with E-state index in [1.54, 1.807) is 0 Å². The van der Waals surface area contributed by atoms with Crippen LogP contribution in [0.2, 0.25) is 5.28 Å². The summed E-state index contributed by atoms with van der Waals surface area (Å²) < 4.78 is 5.02. The average molecular weight is 218 g/mol. The Morgan fingerprint density at radius 2 is 2.08 bits per heavy atom. The molecule has 0 saturated carbocycles. The summed E-state index contributed by atoms with van der Waals surface area (Å²) in [6.07, 6.45) is 0. The highest BCUT2D eigenvalue weighted by Crippen LogP contribution is 2.27. The predicted molar refractivity (Wildman–Crippen MR) is 49.7 cm³/mol. The van der Waals surface area contributed by atoms with Crippen LogP contribution in [0.15, 0.2) is 4.99 Å². The van der Waals surface area contributed by atoms with E-state index >= 15 is 0 Å². The fraction of sp³-hybridized carbons (Fsp3) is 0.286. The van der Waals surface area contributed by atoms with Crippen LogP contribution < -0.4 is 4.74 Å². The van der Waals surface area contributed by atoms with Crippen LogP contribution in [0.5, 0.6) is 5.88 Å². The molecule has 0 saturated heterocycles. The Morgan fingerprint density at radius 3 is 2.77 bits per heavy atom. The number of hydrogen-bond acceptors (Lipinski definition) is 4. The van der Waals surface area contributed by atoms with Gasteiger partial charge in [-0.1, -0.05) is 11.6 Å². The Morgan fingerprint density at radius 1 is 1.31 bits per heavy atom. The van der Waals surface area contributed by atoms with Gasteiger partial charge >= 0.3 is 0 Å². The van der Waals surface area contributed by atoms with Crippen LogP contribution in [0.1, 0.15) is 11.3 Å². The predicted octanol–water partition coefficient (Wildman–Crippen LogP) is 1.64. The Kier molecular flexibility index (Phi) is 2.09. The summed E-state index contributed by atoms with van der Waals surface area (Å²) in [7, 11) is 1.52. The molecule has 1 aromatic rings. The first kappa shape index (κ1) is 8.72. The summed E-state index contributed by atoms with van der Waals surface area (Å²) in [6, 6.07) is 0. The molecule has 1 aliphatic rings. The van der Waals surface area contributed by atoms with E-state index in [2.05, 4.69) is 15.0 Å². The lowest BCUT2D eigenvalue weighted by molar-refractivity contribution is 0.392. The lowest BCUT2D eigenvalue weighted by atomic mass is 10.2.